The summed E-state index contributed by atoms with van der Waals surface area (Å²) in [6, 6.07) is 12.8. The van der Waals surface area contributed by atoms with Crippen LogP contribution in [0.4, 0.5) is 0 Å². The number of carbonyl (C=O) groups is 2. The SMILES string of the molecule is COC(=O)C1CCCN(C(=O)c2ccc3c(c2)nc(-c2ccc(C(=N)N)cc2)n3C)C1. The van der Waals surface area contributed by atoms with E-state index in [1.165, 1.54) is 7.11 Å². The van der Waals surface area contributed by atoms with Crippen molar-refractivity contribution in [1.82, 2.24) is 14.5 Å². The number of rotatable bonds is 4. The molecule has 31 heavy (non-hydrogen) atoms. The van der Waals surface area contributed by atoms with Crippen molar-refractivity contribution in [3.63, 3.8) is 0 Å². The summed E-state index contributed by atoms with van der Waals surface area (Å²) in [5.41, 5.74) is 9.27. The fourth-order valence-electron chi connectivity index (χ4n) is 4.09. The van der Waals surface area contributed by atoms with Gasteiger partial charge in [0.1, 0.15) is 11.7 Å². The van der Waals surface area contributed by atoms with Crippen molar-refractivity contribution in [2.75, 3.05) is 20.2 Å². The van der Waals surface area contributed by atoms with Crippen LogP contribution in [0.1, 0.15) is 28.8 Å². The number of piperidine rings is 1. The molecule has 2 aromatic carbocycles. The normalized spacial score (nSPS) is 16.3. The lowest BCUT2D eigenvalue weighted by atomic mass is 9.97. The number of hydrogen-bond donors (Lipinski definition) is 2. The molecule has 0 spiro atoms. The van der Waals surface area contributed by atoms with E-state index in [-0.39, 0.29) is 23.6 Å². The quantitative estimate of drug-likeness (QED) is 0.383. The molecule has 2 heterocycles. The van der Waals surface area contributed by atoms with Crippen LogP contribution in [0.2, 0.25) is 0 Å². The van der Waals surface area contributed by atoms with E-state index in [1.807, 2.05) is 29.8 Å². The lowest BCUT2D eigenvalue weighted by Crippen LogP contribution is -2.42. The Balaban J connectivity index is 1.62. The van der Waals surface area contributed by atoms with Crippen LogP contribution in [0.3, 0.4) is 0 Å². The second-order valence-corrected chi connectivity index (χ2v) is 7.80. The highest BCUT2D eigenvalue weighted by atomic mass is 16.5. The van der Waals surface area contributed by atoms with Crippen LogP contribution >= 0.6 is 0 Å². The number of esters is 1. The summed E-state index contributed by atoms with van der Waals surface area (Å²) in [4.78, 5) is 31.4. The van der Waals surface area contributed by atoms with E-state index in [4.69, 9.17) is 20.9 Å². The van der Waals surface area contributed by atoms with E-state index in [0.29, 0.717) is 24.2 Å². The number of aryl methyl sites for hydroxylation is 1. The van der Waals surface area contributed by atoms with Gasteiger partial charge in [-0.1, -0.05) is 24.3 Å². The molecule has 1 amide bonds. The highest BCUT2D eigenvalue weighted by molar-refractivity contribution is 5.98. The molecule has 1 unspecified atom stereocenters. The second kappa shape index (κ2) is 8.22. The van der Waals surface area contributed by atoms with Crippen LogP contribution in [0.15, 0.2) is 42.5 Å². The first-order valence-corrected chi connectivity index (χ1v) is 10.2. The van der Waals surface area contributed by atoms with E-state index < -0.39 is 0 Å². The van der Waals surface area contributed by atoms with Crippen LogP contribution in [-0.2, 0) is 16.6 Å². The van der Waals surface area contributed by atoms with Gasteiger partial charge < -0.3 is 19.9 Å². The number of methoxy groups -OCH3 is 1. The van der Waals surface area contributed by atoms with Crippen molar-refractivity contribution in [2.24, 2.45) is 18.7 Å². The van der Waals surface area contributed by atoms with Crippen molar-refractivity contribution in [3.8, 4) is 11.4 Å². The van der Waals surface area contributed by atoms with Gasteiger partial charge in [-0.25, -0.2) is 4.98 Å². The van der Waals surface area contributed by atoms with Gasteiger partial charge in [0.05, 0.1) is 24.1 Å². The maximum Gasteiger partial charge on any atom is 0.310 e. The minimum Gasteiger partial charge on any atom is -0.469 e. The number of nitrogens with two attached hydrogens (primary N) is 1. The highest BCUT2D eigenvalue weighted by Gasteiger charge is 2.29. The Morgan fingerprint density at radius 2 is 1.87 bits per heavy atom. The summed E-state index contributed by atoms with van der Waals surface area (Å²) < 4.78 is 6.82. The first-order valence-electron chi connectivity index (χ1n) is 10.2. The minimum absolute atomic E-state index is 0.0202. The van der Waals surface area contributed by atoms with Gasteiger partial charge >= 0.3 is 5.97 Å². The molecule has 1 aliphatic rings. The number of amides is 1. The maximum absolute atomic E-state index is 13.1. The van der Waals surface area contributed by atoms with Crippen LogP contribution in [0, 0.1) is 11.3 Å². The molecule has 8 heteroatoms. The molecule has 1 saturated heterocycles. The van der Waals surface area contributed by atoms with Crippen molar-refractivity contribution < 1.29 is 14.3 Å². The summed E-state index contributed by atoms with van der Waals surface area (Å²) in [6.45, 7) is 1.000. The Morgan fingerprint density at radius 3 is 2.55 bits per heavy atom. The van der Waals surface area contributed by atoms with Gasteiger partial charge in [-0.3, -0.25) is 15.0 Å². The largest absolute Gasteiger partial charge is 0.469 e. The van der Waals surface area contributed by atoms with E-state index >= 15 is 0 Å². The maximum atomic E-state index is 13.1. The van der Waals surface area contributed by atoms with Crippen LogP contribution < -0.4 is 5.73 Å². The molecule has 160 valence electrons. The Labute approximate surface area is 180 Å². The van der Waals surface area contributed by atoms with E-state index in [2.05, 4.69) is 0 Å². The number of likely N-dealkylation sites (tertiary alicyclic amines) is 1. The molecular formula is C23H25N5O3. The highest BCUT2D eigenvalue weighted by Crippen LogP contribution is 2.26. The van der Waals surface area contributed by atoms with Crippen LogP contribution in [0.25, 0.3) is 22.4 Å². The number of ether oxygens (including phenoxy) is 1. The van der Waals surface area contributed by atoms with Crippen LogP contribution in [0.5, 0.6) is 0 Å². The van der Waals surface area contributed by atoms with E-state index in [0.717, 1.165) is 35.3 Å². The number of amidine groups is 1. The molecule has 0 aliphatic carbocycles. The van der Waals surface area contributed by atoms with E-state index in [9.17, 15) is 9.59 Å². The topological polar surface area (TPSA) is 114 Å². The number of nitrogen functional groups attached to an aromatic ring is 1. The molecule has 1 fully saturated rings. The smallest absolute Gasteiger partial charge is 0.310 e. The zero-order chi connectivity index (χ0) is 22.1. The molecule has 1 atom stereocenters. The fraction of sp³-hybridized carbons (Fsp3) is 0.304. The van der Waals surface area contributed by atoms with Gasteiger partial charge in [-0.15, -0.1) is 0 Å². The van der Waals surface area contributed by atoms with Crippen molar-refractivity contribution in [2.45, 2.75) is 12.8 Å². The molecule has 1 aromatic heterocycles. The molecule has 4 rings (SSSR count). The fourth-order valence-corrected chi connectivity index (χ4v) is 4.09. The summed E-state index contributed by atoms with van der Waals surface area (Å²) in [6.07, 6.45) is 1.51. The number of imidazole rings is 1. The third-order valence-electron chi connectivity index (χ3n) is 5.83. The number of nitrogens with one attached hydrogen (secondary N) is 1. The van der Waals surface area contributed by atoms with E-state index in [1.54, 1.807) is 29.2 Å². The molecule has 8 nitrogen and oxygen atoms in total. The Morgan fingerprint density at radius 1 is 1.16 bits per heavy atom. The lowest BCUT2D eigenvalue weighted by Gasteiger charge is -2.31. The first kappa shape index (κ1) is 20.6. The average Bonchev–Trinajstić information content (AvgIpc) is 3.13. The lowest BCUT2D eigenvalue weighted by molar-refractivity contribution is -0.146. The molecular weight excluding hydrogens is 394 g/mol. The van der Waals surface area contributed by atoms with Crippen LogP contribution in [-0.4, -0.2) is 52.4 Å². The van der Waals surface area contributed by atoms with Crippen molar-refractivity contribution >= 4 is 28.7 Å². The third-order valence-corrected chi connectivity index (χ3v) is 5.83. The van der Waals surface area contributed by atoms with Gasteiger partial charge in [-0.05, 0) is 31.0 Å². The second-order valence-electron chi connectivity index (χ2n) is 7.80. The average molecular weight is 419 g/mol. The summed E-state index contributed by atoms with van der Waals surface area (Å²) in [5.74, 6) is 0.141. The summed E-state index contributed by atoms with van der Waals surface area (Å²) >= 11 is 0. The molecule has 3 N–H and O–H groups in total. The molecule has 0 bridgehead atoms. The van der Waals surface area contributed by atoms with Crippen molar-refractivity contribution in [3.05, 3.63) is 53.6 Å². The van der Waals surface area contributed by atoms with Gasteiger partial charge in [0.25, 0.3) is 5.91 Å². The third kappa shape index (κ3) is 3.88. The number of nitrogens with zero attached hydrogens (tertiary/aromatic N) is 3. The zero-order valence-electron chi connectivity index (χ0n) is 17.6. The Bertz CT molecular complexity index is 1170. The van der Waals surface area contributed by atoms with Gasteiger partial charge in [0.2, 0.25) is 0 Å². The standard InChI is InChI=1S/C23H25N5O3/c1-27-19-10-9-16(22(29)28-11-3-4-17(13-28)23(30)31-2)12-18(19)26-21(27)15-7-5-14(6-8-15)20(24)25/h5-10,12,17H,3-4,11,13H2,1-2H3,(H3,24,25). The summed E-state index contributed by atoms with van der Waals surface area (Å²) in [5, 5.41) is 7.53. The number of aromatic nitrogens is 2. The van der Waals surface area contributed by atoms with Gasteiger partial charge in [0.15, 0.2) is 0 Å². The summed E-state index contributed by atoms with van der Waals surface area (Å²) in [7, 11) is 3.31. The molecule has 0 saturated carbocycles. The van der Waals surface area contributed by atoms with Gasteiger partial charge in [0, 0.05) is 36.8 Å². The Hall–Kier alpha value is -3.68. The zero-order valence-corrected chi connectivity index (χ0v) is 17.6. The molecule has 0 radical (unpaired) electrons. The predicted octanol–water partition coefficient (Wildman–Crippen LogP) is 2.55. The molecule has 1 aliphatic heterocycles. The number of fused-ring (bicyclic) bond motifs is 1. The number of benzene rings is 2. The van der Waals surface area contributed by atoms with Crippen molar-refractivity contribution in [1.29, 1.82) is 5.41 Å². The Kier molecular flexibility index (Phi) is 5.46. The monoisotopic (exact) mass is 419 g/mol. The first-order chi connectivity index (χ1) is 14.9. The van der Waals surface area contributed by atoms with Gasteiger partial charge in [-0.2, -0.15) is 0 Å². The number of carbonyl (C=O) groups excluding carboxylic acids is 2. The number of hydrogen-bond acceptors (Lipinski definition) is 5. The molecule has 3 aromatic rings. The minimum atomic E-state index is -0.272. The predicted molar refractivity (Wildman–Crippen MR) is 118 cm³/mol.